The summed E-state index contributed by atoms with van der Waals surface area (Å²) < 4.78 is 0. The molecule has 2 rings (SSSR count). The molecule has 0 saturated heterocycles. The molecule has 1 aliphatic carbocycles. The molecule has 0 bridgehead atoms. The predicted molar refractivity (Wildman–Crippen MR) is 65.1 cm³/mol. The van der Waals surface area contributed by atoms with Gasteiger partial charge in [0.1, 0.15) is 0 Å². The third-order valence-corrected chi connectivity index (χ3v) is 3.65. The average Bonchev–Trinajstić information content (AvgIpc) is 2.81. The summed E-state index contributed by atoms with van der Waals surface area (Å²) in [5.74, 6) is 0.710. The van der Waals surface area contributed by atoms with Gasteiger partial charge in [0.2, 0.25) is 0 Å². The summed E-state index contributed by atoms with van der Waals surface area (Å²) >= 11 is 0. The maximum Gasteiger partial charge on any atom is 0.0965 e. The van der Waals surface area contributed by atoms with Gasteiger partial charge >= 0.3 is 0 Å². The fraction of sp³-hybridized carbons (Fsp3) is 0.643. The van der Waals surface area contributed by atoms with Gasteiger partial charge in [0.15, 0.2) is 0 Å². The molecule has 88 valence electrons. The van der Waals surface area contributed by atoms with E-state index in [9.17, 15) is 5.11 Å². The van der Waals surface area contributed by atoms with Crippen LogP contribution in [0.1, 0.15) is 56.4 Å². The summed E-state index contributed by atoms with van der Waals surface area (Å²) in [5.41, 5.74) is 2.09. The number of aromatic nitrogens is 1. The van der Waals surface area contributed by atoms with E-state index < -0.39 is 0 Å². The number of nitrogens with zero attached hydrogens (tertiary/aromatic N) is 1. The van der Waals surface area contributed by atoms with Gasteiger partial charge in [-0.05, 0) is 30.4 Å². The molecule has 1 aromatic heterocycles. The molecule has 0 spiro atoms. The van der Waals surface area contributed by atoms with E-state index in [1.807, 2.05) is 6.07 Å². The summed E-state index contributed by atoms with van der Waals surface area (Å²) in [7, 11) is 0. The topological polar surface area (TPSA) is 33.1 Å². The third-order valence-electron chi connectivity index (χ3n) is 3.65. The van der Waals surface area contributed by atoms with Crippen molar-refractivity contribution >= 4 is 0 Å². The van der Waals surface area contributed by atoms with E-state index >= 15 is 0 Å². The highest BCUT2D eigenvalue weighted by molar-refractivity contribution is 5.21. The Labute approximate surface area is 97.7 Å². The van der Waals surface area contributed by atoms with Gasteiger partial charge in [0, 0.05) is 6.20 Å². The molecule has 1 heterocycles. The van der Waals surface area contributed by atoms with E-state index in [1.54, 1.807) is 6.20 Å². The molecular formula is C14H21NO. The number of aliphatic hydroxyl groups excluding tert-OH is 1. The van der Waals surface area contributed by atoms with Crippen molar-refractivity contribution in [2.45, 2.75) is 51.6 Å². The first-order valence-electron chi connectivity index (χ1n) is 6.43. The van der Waals surface area contributed by atoms with Gasteiger partial charge in [-0.25, -0.2) is 0 Å². The molecule has 0 aliphatic heterocycles. The minimum absolute atomic E-state index is 0.362. The van der Waals surface area contributed by atoms with Crippen LogP contribution in [0.3, 0.4) is 0 Å². The Bertz CT molecular complexity index is 331. The Morgan fingerprint density at radius 1 is 1.44 bits per heavy atom. The molecule has 1 N–H and O–H groups in total. The quantitative estimate of drug-likeness (QED) is 0.843. The van der Waals surface area contributed by atoms with E-state index in [4.69, 9.17) is 0 Å². The van der Waals surface area contributed by atoms with E-state index in [0.29, 0.717) is 5.92 Å². The molecule has 0 radical (unpaired) electrons. The Hall–Kier alpha value is -0.890. The number of aryl methyl sites for hydroxylation is 1. The van der Waals surface area contributed by atoms with Crippen molar-refractivity contribution in [1.29, 1.82) is 0 Å². The second kappa shape index (κ2) is 5.44. The first-order chi connectivity index (χ1) is 7.81. The number of hydrogen-bond acceptors (Lipinski definition) is 2. The van der Waals surface area contributed by atoms with Gasteiger partial charge in [0.05, 0.1) is 11.8 Å². The Morgan fingerprint density at radius 3 is 2.88 bits per heavy atom. The maximum absolute atomic E-state index is 10.2. The lowest BCUT2D eigenvalue weighted by atomic mass is 9.95. The summed E-state index contributed by atoms with van der Waals surface area (Å²) in [6.07, 6.45) is 8.50. The second-order valence-corrected chi connectivity index (χ2v) is 4.80. The van der Waals surface area contributed by atoms with E-state index in [1.165, 1.54) is 31.2 Å². The molecule has 16 heavy (non-hydrogen) atoms. The fourth-order valence-electron chi connectivity index (χ4n) is 2.72. The van der Waals surface area contributed by atoms with E-state index in [0.717, 1.165) is 18.5 Å². The van der Waals surface area contributed by atoms with Crippen LogP contribution in [-0.4, -0.2) is 10.1 Å². The van der Waals surface area contributed by atoms with Crippen LogP contribution < -0.4 is 0 Å². The van der Waals surface area contributed by atoms with Crippen LogP contribution in [0.15, 0.2) is 18.3 Å². The Kier molecular flexibility index (Phi) is 3.94. The van der Waals surface area contributed by atoms with Crippen LogP contribution in [0.4, 0.5) is 0 Å². The zero-order valence-corrected chi connectivity index (χ0v) is 10.0. The molecule has 0 amide bonds. The minimum atomic E-state index is -0.362. The van der Waals surface area contributed by atoms with Gasteiger partial charge in [-0.1, -0.05) is 38.7 Å². The summed E-state index contributed by atoms with van der Waals surface area (Å²) in [5, 5.41) is 10.2. The Balaban J connectivity index is 2.04. The van der Waals surface area contributed by atoms with Crippen molar-refractivity contribution in [3.63, 3.8) is 0 Å². The molecule has 1 aromatic rings. The minimum Gasteiger partial charge on any atom is -0.387 e. The van der Waals surface area contributed by atoms with Gasteiger partial charge in [-0.2, -0.15) is 0 Å². The molecule has 1 fully saturated rings. The second-order valence-electron chi connectivity index (χ2n) is 4.80. The molecule has 2 nitrogen and oxygen atoms in total. The Morgan fingerprint density at radius 2 is 2.19 bits per heavy atom. The molecule has 1 unspecified atom stereocenters. The van der Waals surface area contributed by atoms with E-state index in [2.05, 4.69) is 18.0 Å². The molecule has 0 aromatic carbocycles. The van der Waals surface area contributed by atoms with Crippen molar-refractivity contribution in [1.82, 2.24) is 4.98 Å². The van der Waals surface area contributed by atoms with Gasteiger partial charge in [-0.3, -0.25) is 4.98 Å². The highest BCUT2D eigenvalue weighted by atomic mass is 16.3. The van der Waals surface area contributed by atoms with E-state index in [-0.39, 0.29) is 6.10 Å². The van der Waals surface area contributed by atoms with Crippen LogP contribution in [0.5, 0.6) is 0 Å². The summed E-state index contributed by atoms with van der Waals surface area (Å²) in [4.78, 5) is 4.34. The van der Waals surface area contributed by atoms with Gasteiger partial charge in [0.25, 0.3) is 0 Å². The van der Waals surface area contributed by atoms with Gasteiger partial charge < -0.3 is 5.11 Å². The maximum atomic E-state index is 10.2. The number of pyridine rings is 1. The fourth-order valence-corrected chi connectivity index (χ4v) is 2.72. The van der Waals surface area contributed by atoms with Crippen molar-refractivity contribution in [3.05, 3.63) is 29.6 Å². The zero-order valence-electron chi connectivity index (χ0n) is 10.0. The lowest BCUT2D eigenvalue weighted by molar-refractivity contribution is 0.139. The largest absolute Gasteiger partial charge is 0.387 e. The highest BCUT2D eigenvalue weighted by Crippen LogP contribution is 2.33. The zero-order chi connectivity index (χ0) is 11.4. The normalized spacial score (nSPS) is 18.9. The number of hydrogen-bond donors (Lipinski definition) is 1. The van der Waals surface area contributed by atoms with Gasteiger partial charge in [-0.15, -0.1) is 0 Å². The third kappa shape index (κ3) is 2.62. The first kappa shape index (κ1) is 11.6. The molecule has 1 saturated carbocycles. The van der Waals surface area contributed by atoms with Crippen LogP contribution >= 0.6 is 0 Å². The molecule has 1 aliphatic rings. The van der Waals surface area contributed by atoms with Crippen molar-refractivity contribution in [2.24, 2.45) is 5.92 Å². The average molecular weight is 219 g/mol. The van der Waals surface area contributed by atoms with Crippen molar-refractivity contribution < 1.29 is 5.11 Å². The lowest BCUT2D eigenvalue weighted by Crippen LogP contribution is -2.08. The molecular weight excluding hydrogens is 198 g/mol. The van der Waals surface area contributed by atoms with Crippen molar-refractivity contribution in [3.8, 4) is 0 Å². The lowest BCUT2D eigenvalue weighted by Gasteiger charge is -2.17. The monoisotopic (exact) mass is 219 g/mol. The number of rotatable bonds is 4. The van der Waals surface area contributed by atoms with Crippen LogP contribution in [0.25, 0.3) is 0 Å². The summed E-state index contributed by atoms with van der Waals surface area (Å²) in [6, 6.07) is 4.02. The smallest absolute Gasteiger partial charge is 0.0965 e. The van der Waals surface area contributed by atoms with Crippen LogP contribution in [-0.2, 0) is 6.42 Å². The van der Waals surface area contributed by atoms with Crippen LogP contribution in [0.2, 0.25) is 0 Å². The predicted octanol–water partition coefficient (Wildman–Crippen LogP) is 3.26. The SMILES string of the molecule is CCc1cccnc1C(O)CC1CCCC1. The number of aliphatic hydroxyl groups is 1. The standard InChI is InChI=1S/C14H21NO/c1-2-12-8-5-9-15-14(12)13(16)10-11-6-3-4-7-11/h5,8-9,11,13,16H,2-4,6-7,10H2,1H3. The molecule has 1 atom stereocenters. The first-order valence-corrected chi connectivity index (χ1v) is 6.43. The highest BCUT2D eigenvalue weighted by Gasteiger charge is 2.21. The summed E-state index contributed by atoms with van der Waals surface area (Å²) in [6.45, 7) is 2.11. The molecule has 2 heteroatoms. The van der Waals surface area contributed by atoms with Crippen molar-refractivity contribution in [2.75, 3.05) is 0 Å². The van der Waals surface area contributed by atoms with Crippen LogP contribution in [0, 0.1) is 5.92 Å².